The summed E-state index contributed by atoms with van der Waals surface area (Å²) in [5.74, 6) is -2.91. The molecule has 3 rings (SSSR count). The highest BCUT2D eigenvalue weighted by molar-refractivity contribution is 5.96. The van der Waals surface area contributed by atoms with Crippen molar-refractivity contribution in [1.29, 1.82) is 0 Å². The van der Waals surface area contributed by atoms with Crippen LogP contribution < -0.4 is 5.32 Å². The van der Waals surface area contributed by atoms with Crippen molar-refractivity contribution < 1.29 is 23.2 Å². The van der Waals surface area contributed by atoms with Crippen molar-refractivity contribution in [1.82, 2.24) is 15.4 Å². The number of aliphatic hydroxyl groups is 1. The van der Waals surface area contributed by atoms with Crippen LogP contribution in [-0.4, -0.2) is 52.4 Å². The van der Waals surface area contributed by atoms with Gasteiger partial charge in [-0.2, -0.15) is 0 Å². The number of aryl methyl sites for hydroxylation is 2. The summed E-state index contributed by atoms with van der Waals surface area (Å²) in [6.07, 6.45) is -1.23. The van der Waals surface area contributed by atoms with Gasteiger partial charge in [0.15, 0.2) is 0 Å². The second-order valence-corrected chi connectivity index (χ2v) is 6.96. The maximum atomic E-state index is 13.6. The van der Waals surface area contributed by atoms with Crippen LogP contribution in [0.5, 0.6) is 0 Å². The van der Waals surface area contributed by atoms with Crippen molar-refractivity contribution in [2.24, 2.45) is 0 Å². The zero-order valence-corrected chi connectivity index (χ0v) is 15.3. The van der Waals surface area contributed by atoms with E-state index in [0.29, 0.717) is 23.4 Å². The highest BCUT2D eigenvalue weighted by Crippen LogP contribution is 2.29. The van der Waals surface area contributed by atoms with E-state index >= 15 is 0 Å². The predicted octanol–water partition coefficient (Wildman–Crippen LogP) is 2.29. The lowest BCUT2D eigenvalue weighted by Gasteiger charge is -2.31. The van der Waals surface area contributed by atoms with Crippen LogP contribution in [0.3, 0.4) is 0 Å². The number of nitrogens with one attached hydrogen (secondary N) is 1. The van der Waals surface area contributed by atoms with E-state index in [0.717, 1.165) is 5.56 Å². The summed E-state index contributed by atoms with van der Waals surface area (Å²) in [5, 5.41) is 17.3. The van der Waals surface area contributed by atoms with Gasteiger partial charge < -0.3 is 14.9 Å². The average molecular weight is 379 g/mol. The number of halogens is 2. The number of aromatic nitrogens is 1. The molecule has 1 saturated heterocycles. The molecule has 1 fully saturated rings. The van der Waals surface area contributed by atoms with Crippen LogP contribution in [0, 0.1) is 13.8 Å². The number of rotatable bonds is 6. The molecule has 2 unspecified atom stereocenters. The molecule has 2 heterocycles. The number of hydrogen-bond acceptors (Lipinski definition) is 5. The van der Waals surface area contributed by atoms with Crippen LogP contribution in [0.25, 0.3) is 0 Å². The topological polar surface area (TPSA) is 78.6 Å². The molecule has 0 spiro atoms. The SMILES string of the molecule is Cc1noc(C)c1C(=O)NC(Cc1ccccc1)C(O)N1CCC(F)(F)C1. The van der Waals surface area contributed by atoms with E-state index in [2.05, 4.69) is 10.5 Å². The van der Waals surface area contributed by atoms with E-state index in [1.807, 2.05) is 30.3 Å². The molecule has 0 aliphatic carbocycles. The first-order valence-corrected chi connectivity index (χ1v) is 8.84. The summed E-state index contributed by atoms with van der Waals surface area (Å²) >= 11 is 0. The first-order chi connectivity index (χ1) is 12.8. The number of alkyl halides is 2. The molecular weight excluding hydrogens is 356 g/mol. The molecule has 0 radical (unpaired) electrons. The fourth-order valence-corrected chi connectivity index (χ4v) is 3.39. The number of hydrogen-bond donors (Lipinski definition) is 2. The van der Waals surface area contributed by atoms with E-state index in [1.165, 1.54) is 4.90 Å². The molecule has 0 saturated carbocycles. The van der Waals surface area contributed by atoms with Crippen LogP contribution >= 0.6 is 0 Å². The Bertz CT molecular complexity index is 775. The number of aliphatic hydroxyl groups excluding tert-OH is 1. The van der Waals surface area contributed by atoms with Gasteiger partial charge in [-0.25, -0.2) is 8.78 Å². The molecule has 146 valence electrons. The lowest BCUT2D eigenvalue weighted by molar-refractivity contribution is -0.0428. The van der Waals surface area contributed by atoms with Crippen molar-refractivity contribution >= 4 is 5.91 Å². The van der Waals surface area contributed by atoms with Gasteiger partial charge in [-0.1, -0.05) is 35.5 Å². The first kappa shape index (κ1) is 19.4. The van der Waals surface area contributed by atoms with Crippen molar-refractivity contribution in [3.05, 3.63) is 52.9 Å². The molecule has 1 aromatic carbocycles. The molecule has 2 aromatic rings. The van der Waals surface area contributed by atoms with E-state index in [1.54, 1.807) is 13.8 Å². The Hall–Kier alpha value is -2.32. The van der Waals surface area contributed by atoms with E-state index in [4.69, 9.17) is 4.52 Å². The molecule has 2 atom stereocenters. The number of carbonyl (C=O) groups is 1. The standard InChI is InChI=1S/C19H23F2N3O3/c1-12-16(13(2)27-23-12)17(25)22-15(10-14-6-4-3-5-7-14)18(26)24-9-8-19(20,21)11-24/h3-7,15,18,26H,8-11H2,1-2H3,(H,22,25). The van der Waals surface area contributed by atoms with Crippen LogP contribution in [0.4, 0.5) is 8.78 Å². The van der Waals surface area contributed by atoms with Gasteiger partial charge in [0.25, 0.3) is 11.8 Å². The van der Waals surface area contributed by atoms with Gasteiger partial charge in [-0.3, -0.25) is 9.69 Å². The molecule has 2 N–H and O–H groups in total. The quantitative estimate of drug-likeness (QED) is 0.805. The Morgan fingerprint density at radius 1 is 1.37 bits per heavy atom. The van der Waals surface area contributed by atoms with Gasteiger partial charge in [0.05, 0.1) is 18.3 Å². The predicted molar refractivity (Wildman–Crippen MR) is 94.5 cm³/mol. The van der Waals surface area contributed by atoms with E-state index in [9.17, 15) is 18.7 Å². The molecule has 27 heavy (non-hydrogen) atoms. The molecule has 1 aliphatic rings. The maximum Gasteiger partial charge on any atom is 0.261 e. The average Bonchev–Trinajstić information content (AvgIpc) is 3.16. The van der Waals surface area contributed by atoms with Crippen molar-refractivity contribution in [2.75, 3.05) is 13.1 Å². The van der Waals surface area contributed by atoms with Crippen LogP contribution in [0.15, 0.2) is 34.9 Å². The third-order valence-electron chi connectivity index (χ3n) is 4.81. The molecule has 0 bridgehead atoms. The molecule has 6 nitrogen and oxygen atoms in total. The summed E-state index contributed by atoms with van der Waals surface area (Å²) in [6, 6.07) is 8.51. The Labute approximate surface area is 156 Å². The fourth-order valence-electron chi connectivity index (χ4n) is 3.39. The summed E-state index contributed by atoms with van der Waals surface area (Å²) in [6.45, 7) is 2.81. The van der Waals surface area contributed by atoms with Crippen LogP contribution in [0.1, 0.15) is 33.8 Å². The normalized spacial score (nSPS) is 19.0. The Morgan fingerprint density at radius 3 is 2.63 bits per heavy atom. The van der Waals surface area contributed by atoms with Gasteiger partial charge in [0.2, 0.25) is 0 Å². The smallest absolute Gasteiger partial charge is 0.261 e. The Balaban J connectivity index is 1.80. The lowest BCUT2D eigenvalue weighted by atomic mass is 10.0. The fraction of sp³-hybridized carbons (Fsp3) is 0.474. The second-order valence-electron chi connectivity index (χ2n) is 6.96. The number of benzene rings is 1. The largest absolute Gasteiger partial charge is 0.376 e. The number of carbonyl (C=O) groups excluding carboxylic acids is 1. The minimum Gasteiger partial charge on any atom is -0.376 e. The molecule has 1 aromatic heterocycles. The molecule has 1 amide bonds. The monoisotopic (exact) mass is 379 g/mol. The van der Waals surface area contributed by atoms with Gasteiger partial charge in [-0.05, 0) is 25.8 Å². The van der Waals surface area contributed by atoms with Crippen molar-refractivity contribution in [3.8, 4) is 0 Å². The Morgan fingerprint density at radius 2 is 2.07 bits per heavy atom. The minimum absolute atomic E-state index is 0.0701. The number of likely N-dealkylation sites (tertiary alicyclic amines) is 1. The third kappa shape index (κ3) is 4.51. The van der Waals surface area contributed by atoms with E-state index in [-0.39, 0.29) is 13.0 Å². The second kappa shape index (κ2) is 7.74. The number of amides is 1. The van der Waals surface area contributed by atoms with Crippen LogP contribution in [0.2, 0.25) is 0 Å². The zero-order valence-electron chi connectivity index (χ0n) is 15.3. The van der Waals surface area contributed by atoms with Gasteiger partial charge in [0, 0.05) is 13.0 Å². The van der Waals surface area contributed by atoms with E-state index < -0.39 is 30.6 Å². The lowest BCUT2D eigenvalue weighted by Crippen LogP contribution is -2.52. The minimum atomic E-state index is -2.83. The molecule has 1 aliphatic heterocycles. The van der Waals surface area contributed by atoms with Gasteiger partial charge >= 0.3 is 0 Å². The molecular formula is C19H23F2N3O3. The van der Waals surface area contributed by atoms with Crippen LogP contribution in [-0.2, 0) is 6.42 Å². The summed E-state index contributed by atoms with van der Waals surface area (Å²) in [7, 11) is 0. The Kier molecular flexibility index (Phi) is 5.57. The maximum absolute atomic E-state index is 13.6. The number of nitrogens with zero attached hydrogens (tertiary/aromatic N) is 2. The van der Waals surface area contributed by atoms with Gasteiger partial charge in [-0.15, -0.1) is 0 Å². The highest BCUT2D eigenvalue weighted by atomic mass is 19.3. The van der Waals surface area contributed by atoms with Crippen molar-refractivity contribution in [2.45, 2.75) is 44.9 Å². The molecule has 8 heteroatoms. The van der Waals surface area contributed by atoms with Crippen molar-refractivity contribution in [3.63, 3.8) is 0 Å². The first-order valence-electron chi connectivity index (χ1n) is 8.84. The summed E-state index contributed by atoms with van der Waals surface area (Å²) in [5.41, 5.74) is 1.62. The van der Waals surface area contributed by atoms with Gasteiger partial charge in [0.1, 0.15) is 17.6 Å². The summed E-state index contributed by atoms with van der Waals surface area (Å²) in [4.78, 5) is 14.0. The summed E-state index contributed by atoms with van der Waals surface area (Å²) < 4.78 is 32.2. The third-order valence-corrected chi connectivity index (χ3v) is 4.81. The zero-order chi connectivity index (χ0) is 19.6. The highest BCUT2D eigenvalue weighted by Gasteiger charge is 2.42.